The van der Waals surface area contributed by atoms with E-state index >= 15 is 0 Å². The number of anilines is 1. The SMILES string of the molecule is Cc1cc(Br)c(C)n1-c1cc(N)ccc1Cl. The van der Waals surface area contributed by atoms with Gasteiger partial charge in [-0.1, -0.05) is 11.6 Å². The summed E-state index contributed by atoms with van der Waals surface area (Å²) in [6.45, 7) is 4.08. The number of nitrogens with zero attached hydrogens (tertiary/aromatic N) is 1. The highest BCUT2D eigenvalue weighted by Crippen LogP contribution is 2.30. The molecule has 0 spiro atoms. The summed E-state index contributed by atoms with van der Waals surface area (Å²) >= 11 is 9.70. The van der Waals surface area contributed by atoms with Crippen molar-refractivity contribution in [2.24, 2.45) is 0 Å². The lowest BCUT2D eigenvalue weighted by molar-refractivity contribution is 0.964. The van der Waals surface area contributed by atoms with Crippen molar-refractivity contribution < 1.29 is 0 Å². The van der Waals surface area contributed by atoms with Crippen LogP contribution >= 0.6 is 27.5 Å². The number of nitrogens with two attached hydrogens (primary N) is 1. The zero-order valence-electron chi connectivity index (χ0n) is 9.09. The van der Waals surface area contributed by atoms with Gasteiger partial charge in [-0.2, -0.15) is 0 Å². The molecular weight excluding hydrogens is 288 g/mol. The monoisotopic (exact) mass is 298 g/mol. The summed E-state index contributed by atoms with van der Waals surface area (Å²) in [5.74, 6) is 0. The maximum absolute atomic E-state index is 6.19. The normalized spacial score (nSPS) is 10.8. The molecule has 0 atom stereocenters. The van der Waals surface area contributed by atoms with Crippen LogP contribution in [0.1, 0.15) is 11.4 Å². The number of rotatable bonds is 1. The van der Waals surface area contributed by atoms with Gasteiger partial charge in [0.05, 0.1) is 10.7 Å². The van der Waals surface area contributed by atoms with E-state index < -0.39 is 0 Å². The summed E-state index contributed by atoms with van der Waals surface area (Å²) in [5.41, 5.74) is 9.66. The van der Waals surface area contributed by atoms with Crippen molar-refractivity contribution in [2.75, 3.05) is 5.73 Å². The standard InChI is InChI=1S/C12H12BrClN2/c1-7-5-10(13)8(2)16(7)12-6-9(15)3-4-11(12)14/h3-6H,15H2,1-2H3. The van der Waals surface area contributed by atoms with Gasteiger partial charge >= 0.3 is 0 Å². The van der Waals surface area contributed by atoms with E-state index in [4.69, 9.17) is 17.3 Å². The molecule has 0 amide bonds. The molecule has 0 radical (unpaired) electrons. The predicted octanol–water partition coefficient (Wildman–Crippen LogP) is 4.09. The van der Waals surface area contributed by atoms with Crippen LogP contribution < -0.4 is 5.73 Å². The first-order chi connectivity index (χ1) is 7.50. The van der Waals surface area contributed by atoms with Crippen molar-refractivity contribution in [3.8, 4) is 5.69 Å². The van der Waals surface area contributed by atoms with Gasteiger partial charge in [0, 0.05) is 21.5 Å². The molecule has 84 valence electrons. The van der Waals surface area contributed by atoms with Crippen LogP contribution in [0.25, 0.3) is 5.69 Å². The topological polar surface area (TPSA) is 30.9 Å². The van der Waals surface area contributed by atoms with E-state index in [9.17, 15) is 0 Å². The number of benzene rings is 1. The minimum absolute atomic E-state index is 0.698. The van der Waals surface area contributed by atoms with E-state index in [0.717, 1.165) is 21.5 Å². The molecule has 0 unspecified atom stereocenters. The third kappa shape index (κ3) is 1.85. The molecule has 0 saturated carbocycles. The minimum atomic E-state index is 0.698. The van der Waals surface area contributed by atoms with Crippen molar-refractivity contribution in [3.63, 3.8) is 0 Å². The van der Waals surface area contributed by atoms with E-state index in [0.29, 0.717) is 10.7 Å². The van der Waals surface area contributed by atoms with Crippen LogP contribution in [0.3, 0.4) is 0 Å². The minimum Gasteiger partial charge on any atom is -0.399 e. The fourth-order valence-electron chi connectivity index (χ4n) is 1.80. The molecule has 4 heteroatoms. The summed E-state index contributed by atoms with van der Waals surface area (Å²) in [7, 11) is 0. The number of aryl methyl sites for hydroxylation is 1. The van der Waals surface area contributed by atoms with Gasteiger partial charge in [-0.15, -0.1) is 0 Å². The Balaban J connectivity index is 2.71. The smallest absolute Gasteiger partial charge is 0.0662 e. The highest BCUT2D eigenvalue weighted by atomic mass is 79.9. The molecule has 0 bridgehead atoms. The highest BCUT2D eigenvalue weighted by molar-refractivity contribution is 9.10. The maximum atomic E-state index is 6.19. The average molecular weight is 300 g/mol. The summed E-state index contributed by atoms with van der Waals surface area (Å²) in [6.07, 6.45) is 0. The molecule has 0 saturated heterocycles. The van der Waals surface area contributed by atoms with Crippen LogP contribution in [0.15, 0.2) is 28.7 Å². The first kappa shape index (κ1) is 11.6. The summed E-state index contributed by atoms with van der Waals surface area (Å²) in [6, 6.07) is 7.57. The largest absolute Gasteiger partial charge is 0.399 e. The van der Waals surface area contributed by atoms with Crippen molar-refractivity contribution in [1.29, 1.82) is 0 Å². The zero-order valence-corrected chi connectivity index (χ0v) is 11.4. The van der Waals surface area contributed by atoms with Gasteiger partial charge in [0.15, 0.2) is 0 Å². The van der Waals surface area contributed by atoms with Gasteiger partial charge < -0.3 is 10.3 Å². The molecule has 0 aliphatic carbocycles. The highest BCUT2D eigenvalue weighted by Gasteiger charge is 2.11. The summed E-state index contributed by atoms with van der Waals surface area (Å²) in [5, 5.41) is 0.698. The molecule has 2 aromatic rings. The lowest BCUT2D eigenvalue weighted by atomic mass is 10.2. The fourth-order valence-corrected chi connectivity index (χ4v) is 2.51. The van der Waals surface area contributed by atoms with Gasteiger partial charge in [0.25, 0.3) is 0 Å². The molecule has 0 aliphatic heterocycles. The summed E-state index contributed by atoms with van der Waals surface area (Å²) < 4.78 is 3.16. The number of nitrogen functional groups attached to an aromatic ring is 1. The van der Waals surface area contributed by atoms with Crippen LogP contribution in [0.5, 0.6) is 0 Å². The lowest BCUT2D eigenvalue weighted by Gasteiger charge is -2.12. The van der Waals surface area contributed by atoms with Gasteiger partial charge in [0.1, 0.15) is 0 Å². The number of hydrogen-bond acceptors (Lipinski definition) is 1. The number of hydrogen-bond donors (Lipinski definition) is 1. The first-order valence-corrected chi connectivity index (χ1v) is 6.07. The maximum Gasteiger partial charge on any atom is 0.0662 e. The first-order valence-electron chi connectivity index (χ1n) is 4.90. The third-order valence-electron chi connectivity index (χ3n) is 2.58. The number of aromatic nitrogens is 1. The molecule has 0 aliphatic rings. The van der Waals surface area contributed by atoms with Gasteiger partial charge in [0.2, 0.25) is 0 Å². The quantitative estimate of drug-likeness (QED) is 0.790. The molecule has 1 aromatic heterocycles. The molecule has 2 nitrogen and oxygen atoms in total. The van der Waals surface area contributed by atoms with Crippen LogP contribution in [0, 0.1) is 13.8 Å². The van der Waals surface area contributed by atoms with Crippen molar-refractivity contribution in [1.82, 2.24) is 4.57 Å². The Morgan fingerprint density at radius 3 is 2.50 bits per heavy atom. The molecular formula is C12H12BrClN2. The molecule has 2 rings (SSSR count). The Kier molecular flexibility index (Phi) is 3.00. The van der Waals surface area contributed by atoms with Gasteiger partial charge in [-0.05, 0) is 54.0 Å². The zero-order chi connectivity index (χ0) is 11.9. The fraction of sp³-hybridized carbons (Fsp3) is 0.167. The Labute approximate surface area is 108 Å². The van der Waals surface area contributed by atoms with E-state index in [1.807, 2.05) is 26.0 Å². The van der Waals surface area contributed by atoms with Crippen molar-refractivity contribution in [2.45, 2.75) is 13.8 Å². The Hall–Kier alpha value is -0.930. The van der Waals surface area contributed by atoms with Gasteiger partial charge in [-0.3, -0.25) is 0 Å². The Morgan fingerprint density at radius 1 is 1.25 bits per heavy atom. The number of halogens is 2. The van der Waals surface area contributed by atoms with E-state index in [-0.39, 0.29) is 0 Å². The lowest BCUT2D eigenvalue weighted by Crippen LogP contribution is -2.00. The molecule has 0 fully saturated rings. The van der Waals surface area contributed by atoms with E-state index in [1.165, 1.54) is 0 Å². The third-order valence-corrected chi connectivity index (χ3v) is 3.70. The molecule has 1 aromatic carbocycles. The molecule has 1 heterocycles. The van der Waals surface area contributed by atoms with Crippen molar-refractivity contribution in [3.05, 3.63) is 45.1 Å². The Bertz CT molecular complexity index is 546. The van der Waals surface area contributed by atoms with Crippen LogP contribution in [-0.2, 0) is 0 Å². The Morgan fingerprint density at radius 2 is 1.94 bits per heavy atom. The molecule has 16 heavy (non-hydrogen) atoms. The second-order valence-electron chi connectivity index (χ2n) is 3.77. The second kappa shape index (κ2) is 4.15. The predicted molar refractivity (Wildman–Crippen MR) is 72.4 cm³/mol. The van der Waals surface area contributed by atoms with E-state index in [2.05, 4.69) is 26.6 Å². The van der Waals surface area contributed by atoms with Crippen LogP contribution in [0.2, 0.25) is 5.02 Å². The van der Waals surface area contributed by atoms with E-state index in [1.54, 1.807) is 6.07 Å². The van der Waals surface area contributed by atoms with Gasteiger partial charge in [-0.25, -0.2) is 0 Å². The molecule has 2 N–H and O–H groups in total. The van der Waals surface area contributed by atoms with Crippen LogP contribution in [0.4, 0.5) is 5.69 Å². The summed E-state index contributed by atoms with van der Waals surface area (Å²) in [4.78, 5) is 0. The van der Waals surface area contributed by atoms with Crippen LogP contribution in [-0.4, -0.2) is 4.57 Å². The van der Waals surface area contributed by atoms with Crippen molar-refractivity contribution >= 4 is 33.2 Å². The average Bonchev–Trinajstić information content (AvgIpc) is 2.46. The second-order valence-corrected chi connectivity index (χ2v) is 5.03.